The molecule has 0 radical (unpaired) electrons. The van der Waals surface area contributed by atoms with Crippen LogP contribution < -0.4 is 15.4 Å². The Morgan fingerprint density at radius 1 is 1.13 bits per heavy atom. The molecule has 3 N–H and O–H groups in total. The number of carbonyl (C=O) groups excluding carboxylic acids is 2. The lowest BCUT2D eigenvalue weighted by Gasteiger charge is -2.17. The molecule has 1 atom stereocenters. The second kappa shape index (κ2) is 8.26. The van der Waals surface area contributed by atoms with Crippen molar-refractivity contribution < 1.29 is 26.4 Å². The minimum absolute atomic E-state index is 0.0179. The molecule has 0 aromatic heterocycles. The minimum Gasteiger partial charge on any atom is -0.324 e. The first kappa shape index (κ1) is 21.8. The molecule has 12 heteroatoms. The van der Waals surface area contributed by atoms with Gasteiger partial charge in [-0.25, -0.2) is 21.6 Å². The van der Waals surface area contributed by atoms with Crippen molar-refractivity contribution in [2.45, 2.75) is 22.3 Å². The Bertz CT molecular complexity index is 1260. The van der Waals surface area contributed by atoms with Crippen molar-refractivity contribution in [1.29, 1.82) is 0 Å². The van der Waals surface area contributed by atoms with Crippen LogP contribution in [0.2, 0.25) is 0 Å². The Morgan fingerprint density at radius 2 is 1.87 bits per heavy atom. The van der Waals surface area contributed by atoms with E-state index in [1.807, 2.05) is 0 Å². The fraction of sp³-hybridized carbons (Fsp3) is 0.263. The van der Waals surface area contributed by atoms with Gasteiger partial charge >= 0.3 is 0 Å². The summed E-state index contributed by atoms with van der Waals surface area (Å²) in [6.45, 7) is 0. The van der Waals surface area contributed by atoms with Gasteiger partial charge in [-0.2, -0.15) is 0 Å². The molecule has 2 heterocycles. The van der Waals surface area contributed by atoms with E-state index in [1.165, 1.54) is 36.0 Å². The summed E-state index contributed by atoms with van der Waals surface area (Å²) in [5, 5.41) is 5.44. The van der Waals surface area contributed by atoms with Gasteiger partial charge in [0.25, 0.3) is 5.91 Å². The van der Waals surface area contributed by atoms with Gasteiger partial charge in [-0.1, -0.05) is 0 Å². The van der Waals surface area contributed by atoms with Crippen LogP contribution in [0.4, 0.5) is 11.4 Å². The molecule has 0 aliphatic carbocycles. The monoisotopic (exact) mass is 481 g/mol. The molecule has 0 bridgehead atoms. The molecule has 4 rings (SSSR count). The number of sulfone groups is 1. The van der Waals surface area contributed by atoms with Gasteiger partial charge in [0, 0.05) is 22.2 Å². The van der Waals surface area contributed by atoms with Crippen LogP contribution in [0.1, 0.15) is 16.8 Å². The van der Waals surface area contributed by atoms with Crippen LogP contribution in [0.25, 0.3) is 0 Å². The highest BCUT2D eigenvalue weighted by Crippen LogP contribution is 2.32. The smallest absolute Gasteiger partial charge is 0.255 e. The molecule has 164 valence electrons. The predicted octanol–water partition coefficient (Wildman–Crippen LogP) is 1.45. The molecule has 0 spiro atoms. The number of hydrogen-bond donors (Lipinski definition) is 3. The summed E-state index contributed by atoms with van der Waals surface area (Å²) in [6.07, 6.45) is 0.248. The number of nitrogens with one attached hydrogen (secondary N) is 3. The van der Waals surface area contributed by atoms with Gasteiger partial charge in [0.05, 0.1) is 27.8 Å². The van der Waals surface area contributed by atoms with Crippen LogP contribution in [-0.4, -0.2) is 52.0 Å². The summed E-state index contributed by atoms with van der Waals surface area (Å²) in [7, 11) is -7.07. The summed E-state index contributed by atoms with van der Waals surface area (Å²) in [6, 6.07) is 9.93. The fourth-order valence-corrected chi connectivity index (χ4v) is 7.20. The lowest BCUT2D eigenvalue weighted by atomic mass is 10.2. The summed E-state index contributed by atoms with van der Waals surface area (Å²) in [4.78, 5) is 24.7. The van der Waals surface area contributed by atoms with Gasteiger partial charge < -0.3 is 10.6 Å². The zero-order chi connectivity index (χ0) is 22.2. The second-order valence-corrected chi connectivity index (χ2v) is 12.2. The third kappa shape index (κ3) is 5.09. The maximum Gasteiger partial charge on any atom is 0.255 e. The lowest BCUT2D eigenvalue weighted by Crippen LogP contribution is -2.35. The molecule has 1 unspecified atom stereocenters. The van der Waals surface area contributed by atoms with Crippen LogP contribution in [-0.2, 0) is 24.7 Å². The summed E-state index contributed by atoms with van der Waals surface area (Å²) in [5.41, 5.74) is 1.48. The Balaban J connectivity index is 1.42. The van der Waals surface area contributed by atoms with Crippen LogP contribution in [0.3, 0.4) is 0 Å². The van der Waals surface area contributed by atoms with Gasteiger partial charge in [0.15, 0.2) is 9.84 Å². The van der Waals surface area contributed by atoms with Gasteiger partial charge in [-0.05, 0) is 48.9 Å². The van der Waals surface area contributed by atoms with Crippen LogP contribution in [0, 0.1) is 0 Å². The number of thioether (sulfide) groups is 1. The molecule has 2 aliphatic rings. The standard InChI is InChI=1S/C19H19N3O6S3/c23-18-10-29-17-9-12(1-6-16(17)21-18)19(24)20-13-2-4-15(5-3-13)31(27,28)22-14-7-8-30(25,26)11-14/h1-6,9,14,22H,7-8,10-11H2,(H,20,24)(H,21,23). The third-order valence-electron chi connectivity index (χ3n) is 4.85. The highest BCUT2D eigenvalue weighted by molar-refractivity contribution is 8.00. The second-order valence-electron chi connectivity index (χ2n) is 7.25. The number of carbonyl (C=O) groups is 2. The van der Waals surface area contributed by atoms with Crippen molar-refractivity contribution >= 4 is 54.8 Å². The topological polar surface area (TPSA) is 139 Å². The van der Waals surface area contributed by atoms with Crippen molar-refractivity contribution in [3.05, 3.63) is 48.0 Å². The number of amides is 2. The normalized spacial score (nSPS) is 20.0. The van der Waals surface area contributed by atoms with E-state index in [-0.39, 0.29) is 40.4 Å². The quantitative estimate of drug-likeness (QED) is 0.587. The molecule has 1 fully saturated rings. The van der Waals surface area contributed by atoms with Gasteiger partial charge in [0.2, 0.25) is 15.9 Å². The van der Waals surface area contributed by atoms with Crippen LogP contribution in [0.15, 0.2) is 52.3 Å². The summed E-state index contributed by atoms with van der Waals surface area (Å²) < 4.78 is 50.4. The summed E-state index contributed by atoms with van der Waals surface area (Å²) in [5.74, 6) is -0.407. The molecule has 9 nitrogen and oxygen atoms in total. The Labute approximate surface area is 184 Å². The molecule has 2 amide bonds. The molecular formula is C19H19N3O6S3. The average molecular weight is 482 g/mol. The largest absolute Gasteiger partial charge is 0.324 e. The Hall–Kier alpha value is -2.41. The predicted molar refractivity (Wildman–Crippen MR) is 118 cm³/mol. The number of anilines is 2. The zero-order valence-electron chi connectivity index (χ0n) is 16.1. The molecular weight excluding hydrogens is 462 g/mol. The molecule has 2 aliphatic heterocycles. The van der Waals surface area contributed by atoms with Gasteiger partial charge in [-0.15, -0.1) is 11.8 Å². The van der Waals surface area contributed by atoms with E-state index in [1.54, 1.807) is 18.2 Å². The lowest BCUT2D eigenvalue weighted by molar-refractivity contribution is -0.113. The van der Waals surface area contributed by atoms with E-state index in [2.05, 4.69) is 15.4 Å². The molecule has 2 aromatic rings. The van der Waals surface area contributed by atoms with Crippen molar-refractivity contribution in [2.24, 2.45) is 0 Å². The zero-order valence-corrected chi connectivity index (χ0v) is 18.6. The van der Waals surface area contributed by atoms with E-state index in [0.717, 1.165) is 4.90 Å². The number of hydrogen-bond acceptors (Lipinski definition) is 7. The third-order valence-corrected chi connectivity index (χ3v) is 9.21. The van der Waals surface area contributed by atoms with Crippen molar-refractivity contribution in [1.82, 2.24) is 4.72 Å². The first-order valence-corrected chi connectivity index (χ1v) is 13.6. The van der Waals surface area contributed by atoms with Gasteiger partial charge in [0.1, 0.15) is 0 Å². The maximum absolute atomic E-state index is 12.5. The first-order valence-electron chi connectivity index (χ1n) is 9.32. The average Bonchev–Trinajstić information content (AvgIpc) is 3.05. The minimum atomic E-state index is -3.87. The van der Waals surface area contributed by atoms with Crippen molar-refractivity contribution in [3.8, 4) is 0 Å². The Kier molecular flexibility index (Phi) is 5.81. The summed E-state index contributed by atoms with van der Waals surface area (Å²) >= 11 is 1.35. The van der Waals surface area contributed by atoms with E-state index < -0.39 is 25.9 Å². The van der Waals surface area contributed by atoms with E-state index in [0.29, 0.717) is 16.9 Å². The van der Waals surface area contributed by atoms with Crippen molar-refractivity contribution in [2.75, 3.05) is 27.9 Å². The van der Waals surface area contributed by atoms with E-state index >= 15 is 0 Å². The maximum atomic E-state index is 12.5. The SMILES string of the molecule is O=C1CSc2cc(C(=O)Nc3ccc(S(=O)(=O)NC4CCS(=O)(=O)C4)cc3)ccc2N1. The fourth-order valence-electron chi connectivity index (χ4n) is 3.31. The number of fused-ring (bicyclic) bond motifs is 1. The van der Waals surface area contributed by atoms with Gasteiger partial charge in [-0.3, -0.25) is 9.59 Å². The van der Waals surface area contributed by atoms with Crippen molar-refractivity contribution in [3.63, 3.8) is 0 Å². The molecule has 31 heavy (non-hydrogen) atoms. The van der Waals surface area contributed by atoms with Crippen LogP contribution >= 0.6 is 11.8 Å². The number of sulfonamides is 1. The molecule has 1 saturated heterocycles. The van der Waals surface area contributed by atoms with E-state index in [4.69, 9.17) is 0 Å². The Morgan fingerprint density at radius 3 is 2.55 bits per heavy atom. The number of rotatable bonds is 5. The highest BCUT2D eigenvalue weighted by atomic mass is 32.2. The molecule has 2 aromatic carbocycles. The number of benzene rings is 2. The molecule has 0 saturated carbocycles. The highest BCUT2D eigenvalue weighted by Gasteiger charge is 2.31. The van der Waals surface area contributed by atoms with E-state index in [9.17, 15) is 26.4 Å². The first-order chi connectivity index (χ1) is 14.6. The van der Waals surface area contributed by atoms with Crippen LogP contribution in [0.5, 0.6) is 0 Å².